The third-order valence-corrected chi connectivity index (χ3v) is 1.67. The van der Waals surface area contributed by atoms with E-state index in [1.54, 1.807) is 6.07 Å². The van der Waals surface area contributed by atoms with Gasteiger partial charge in [0, 0.05) is 0 Å². The Balaban J connectivity index is 2.97. The van der Waals surface area contributed by atoms with Crippen LogP contribution in [0.4, 0.5) is 0 Å². The largest absolute Gasteiger partial charge is 0.505 e. The number of alkyl halides is 1. The highest BCUT2D eigenvalue weighted by molar-refractivity contribution is 9.09. The summed E-state index contributed by atoms with van der Waals surface area (Å²) < 4.78 is 0. The second-order valence-electron chi connectivity index (χ2n) is 1.94. The Bertz CT molecular complexity index is 343. The summed E-state index contributed by atoms with van der Waals surface area (Å²) in [6.45, 7) is 0. The number of hydrogen-bond donors (Lipinski definition) is 1. The van der Waals surface area contributed by atoms with E-state index in [1.807, 2.05) is 0 Å². The molecule has 0 unspecified atom stereocenters. The highest BCUT2D eigenvalue weighted by Crippen LogP contribution is 2.19. The molecule has 1 rings (SSSR count). The fourth-order valence-corrected chi connectivity index (χ4v) is 0.915. The fourth-order valence-electron chi connectivity index (χ4n) is 0.621. The predicted octanol–water partition coefficient (Wildman–Crippen LogP) is 2.19. The second kappa shape index (κ2) is 4.34. The van der Waals surface area contributed by atoms with Crippen molar-refractivity contribution in [3.63, 3.8) is 0 Å². The molecule has 62 valence electrons. The van der Waals surface area contributed by atoms with Gasteiger partial charge in [-0.05, 0) is 18.1 Å². The molecule has 0 atom stereocenters. The van der Waals surface area contributed by atoms with Gasteiger partial charge in [-0.15, -0.1) is 0 Å². The van der Waals surface area contributed by atoms with Gasteiger partial charge in [-0.25, -0.2) is 4.98 Å². The standard InChI is InChI=1S/C8H5BrClNO/c9-5-1-2-6-3-4-7(12)8(10)11-6/h3-4,12H,5H2. The molecule has 0 saturated carbocycles. The van der Waals surface area contributed by atoms with Crippen molar-refractivity contribution >= 4 is 27.5 Å². The smallest absolute Gasteiger partial charge is 0.172 e. The maximum Gasteiger partial charge on any atom is 0.172 e. The van der Waals surface area contributed by atoms with Crippen LogP contribution in [0, 0.1) is 11.8 Å². The van der Waals surface area contributed by atoms with E-state index in [0.717, 1.165) is 0 Å². The molecule has 4 heteroatoms. The Morgan fingerprint density at radius 1 is 1.58 bits per heavy atom. The van der Waals surface area contributed by atoms with E-state index in [4.69, 9.17) is 16.7 Å². The van der Waals surface area contributed by atoms with Gasteiger partial charge in [0.1, 0.15) is 5.69 Å². The van der Waals surface area contributed by atoms with Crippen molar-refractivity contribution in [1.29, 1.82) is 0 Å². The van der Waals surface area contributed by atoms with Crippen molar-refractivity contribution in [2.45, 2.75) is 0 Å². The normalized spacial score (nSPS) is 8.83. The number of nitrogens with zero attached hydrogens (tertiary/aromatic N) is 1. The summed E-state index contributed by atoms with van der Waals surface area (Å²) in [4.78, 5) is 3.83. The lowest BCUT2D eigenvalue weighted by Crippen LogP contribution is -1.82. The van der Waals surface area contributed by atoms with Gasteiger partial charge in [0.15, 0.2) is 10.9 Å². The number of pyridine rings is 1. The summed E-state index contributed by atoms with van der Waals surface area (Å²) in [5.41, 5.74) is 0.553. The van der Waals surface area contributed by atoms with Gasteiger partial charge >= 0.3 is 0 Å². The molecule has 1 N–H and O–H groups in total. The molecule has 1 heterocycles. The molecule has 0 aliphatic carbocycles. The molecule has 12 heavy (non-hydrogen) atoms. The van der Waals surface area contributed by atoms with Crippen LogP contribution in [0.2, 0.25) is 5.15 Å². The maximum atomic E-state index is 9.02. The highest BCUT2D eigenvalue weighted by atomic mass is 79.9. The molecule has 0 amide bonds. The molecule has 0 aliphatic rings. The minimum absolute atomic E-state index is 0.0268. The maximum absolute atomic E-state index is 9.02. The zero-order valence-electron chi connectivity index (χ0n) is 6.01. The molecule has 2 nitrogen and oxygen atoms in total. The number of aromatic nitrogens is 1. The third-order valence-electron chi connectivity index (χ3n) is 1.11. The van der Waals surface area contributed by atoms with Crippen molar-refractivity contribution in [2.75, 3.05) is 5.33 Å². The topological polar surface area (TPSA) is 33.1 Å². The molecular formula is C8H5BrClNO. The third kappa shape index (κ3) is 2.40. The van der Waals surface area contributed by atoms with E-state index >= 15 is 0 Å². The van der Waals surface area contributed by atoms with Crippen LogP contribution >= 0.6 is 27.5 Å². The molecule has 0 aliphatic heterocycles. The van der Waals surface area contributed by atoms with Crippen molar-refractivity contribution in [2.24, 2.45) is 0 Å². The van der Waals surface area contributed by atoms with Crippen LogP contribution in [0.5, 0.6) is 5.75 Å². The Labute approximate surface area is 83.7 Å². The summed E-state index contributed by atoms with van der Waals surface area (Å²) in [5, 5.41) is 9.69. The van der Waals surface area contributed by atoms with Crippen molar-refractivity contribution < 1.29 is 5.11 Å². The van der Waals surface area contributed by atoms with Crippen molar-refractivity contribution in [3.8, 4) is 17.6 Å². The average Bonchev–Trinajstić information content (AvgIpc) is 2.07. The van der Waals surface area contributed by atoms with E-state index in [9.17, 15) is 0 Å². The van der Waals surface area contributed by atoms with Gasteiger partial charge in [-0.3, -0.25) is 0 Å². The lowest BCUT2D eigenvalue weighted by atomic mass is 10.3. The van der Waals surface area contributed by atoms with Crippen LogP contribution in [-0.4, -0.2) is 15.4 Å². The summed E-state index contributed by atoms with van der Waals surface area (Å²) >= 11 is 8.71. The SMILES string of the molecule is Oc1ccc(C#CCBr)nc1Cl. The first-order valence-electron chi connectivity index (χ1n) is 3.14. The Morgan fingerprint density at radius 3 is 2.92 bits per heavy atom. The average molecular weight is 246 g/mol. The zero-order chi connectivity index (χ0) is 8.97. The van der Waals surface area contributed by atoms with Crippen LogP contribution in [0.3, 0.4) is 0 Å². The van der Waals surface area contributed by atoms with E-state index in [1.165, 1.54) is 6.07 Å². The number of hydrogen-bond acceptors (Lipinski definition) is 2. The Hall–Kier alpha value is -0.720. The molecule has 0 aromatic carbocycles. The molecule has 0 spiro atoms. The molecule has 1 aromatic rings. The minimum Gasteiger partial charge on any atom is -0.505 e. The first-order chi connectivity index (χ1) is 5.74. The molecule has 0 radical (unpaired) electrons. The Morgan fingerprint density at radius 2 is 2.33 bits per heavy atom. The van der Waals surface area contributed by atoms with Crippen LogP contribution < -0.4 is 0 Å². The quantitative estimate of drug-likeness (QED) is 0.432. The summed E-state index contributed by atoms with van der Waals surface area (Å²) in [5.74, 6) is 5.51. The molecule has 0 saturated heterocycles. The van der Waals surface area contributed by atoms with Crippen molar-refractivity contribution in [3.05, 3.63) is 23.0 Å². The van der Waals surface area contributed by atoms with Crippen LogP contribution in [0.15, 0.2) is 12.1 Å². The Kier molecular flexibility index (Phi) is 3.39. The van der Waals surface area contributed by atoms with Gasteiger partial charge in [0.05, 0.1) is 5.33 Å². The van der Waals surface area contributed by atoms with Crippen LogP contribution in [0.1, 0.15) is 5.69 Å². The fraction of sp³-hybridized carbons (Fsp3) is 0.125. The van der Waals surface area contributed by atoms with E-state index < -0.39 is 0 Å². The molecule has 1 aromatic heterocycles. The van der Waals surface area contributed by atoms with Gasteiger partial charge in [0.2, 0.25) is 0 Å². The van der Waals surface area contributed by atoms with Crippen LogP contribution in [0.25, 0.3) is 0 Å². The predicted molar refractivity (Wildman–Crippen MR) is 51.6 cm³/mol. The van der Waals surface area contributed by atoms with Gasteiger partial charge in [-0.2, -0.15) is 0 Å². The summed E-state index contributed by atoms with van der Waals surface area (Å²) in [7, 11) is 0. The van der Waals surface area contributed by atoms with Gasteiger partial charge in [0.25, 0.3) is 0 Å². The van der Waals surface area contributed by atoms with Gasteiger partial charge in [-0.1, -0.05) is 33.5 Å². The van der Waals surface area contributed by atoms with Gasteiger partial charge < -0.3 is 5.11 Å². The number of aromatic hydroxyl groups is 1. The lowest BCUT2D eigenvalue weighted by molar-refractivity contribution is 0.473. The summed E-state index contributed by atoms with van der Waals surface area (Å²) in [6, 6.07) is 3.07. The van der Waals surface area contributed by atoms with E-state index in [2.05, 4.69) is 32.8 Å². The zero-order valence-corrected chi connectivity index (χ0v) is 8.35. The highest BCUT2D eigenvalue weighted by Gasteiger charge is 1.98. The second-order valence-corrected chi connectivity index (χ2v) is 2.86. The minimum atomic E-state index is -0.0268. The van der Waals surface area contributed by atoms with E-state index in [0.29, 0.717) is 11.0 Å². The van der Waals surface area contributed by atoms with Crippen LogP contribution in [-0.2, 0) is 0 Å². The lowest BCUT2D eigenvalue weighted by Gasteiger charge is -1.94. The monoisotopic (exact) mass is 245 g/mol. The molecule has 0 fully saturated rings. The number of halogens is 2. The number of rotatable bonds is 0. The van der Waals surface area contributed by atoms with Crippen molar-refractivity contribution in [1.82, 2.24) is 4.98 Å². The first kappa shape index (κ1) is 9.37. The first-order valence-corrected chi connectivity index (χ1v) is 4.64. The molecular weight excluding hydrogens is 241 g/mol. The van der Waals surface area contributed by atoms with E-state index in [-0.39, 0.29) is 10.9 Å². The molecule has 0 bridgehead atoms. The summed E-state index contributed by atoms with van der Waals surface area (Å²) in [6.07, 6.45) is 0.